The number of likely N-dealkylation sites (N-methyl/N-ethyl adjacent to an activating group) is 1. The average Bonchev–Trinajstić information content (AvgIpc) is 2.96. The lowest BCUT2D eigenvalue weighted by atomic mass is 10.3. The van der Waals surface area contributed by atoms with Crippen LogP contribution in [0.25, 0.3) is 0 Å². The Labute approximate surface area is 116 Å². The van der Waals surface area contributed by atoms with E-state index in [-0.39, 0.29) is 0 Å². The fourth-order valence-electron chi connectivity index (χ4n) is 1.91. The second-order valence-corrected chi connectivity index (χ2v) is 4.50. The van der Waals surface area contributed by atoms with Crippen molar-refractivity contribution in [3.63, 3.8) is 0 Å². The molecule has 0 bridgehead atoms. The summed E-state index contributed by atoms with van der Waals surface area (Å²) in [6, 6.07) is 1.88. The van der Waals surface area contributed by atoms with Gasteiger partial charge in [-0.3, -0.25) is 4.90 Å². The number of rotatable bonds is 6. The molecule has 0 spiro atoms. The highest BCUT2D eigenvalue weighted by Crippen LogP contribution is 1.99. The molecular weight excluding hydrogens is 242 g/mol. The molecule has 1 aromatic rings. The van der Waals surface area contributed by atoms with Gasteiger partial charge in [-0.25, -0.2) is 0 Å². The van der Waals surface area contributed by atoms with Crippen LogP contribution in [0.3, 0.4) is 0 Å². The van der Waals surface area contributed by atoms with E-state index in [0.717, 1.165) is 45.0 Å². The van der Waals surface area contributed by atoms with Crippen molar-refractivity contribution in [3.8, 4) is 0 Å². The maximum absolute atomic E-state index is 5.60. The van der Waals surface area contributed by atoms with Crippen molar-refractivity contribution < 1.29 is 9.26 Å². The second kappa shape index (κ2) is 9.95. The Kier molecular flexibility index (Phi) is 8.45. The summed E-state index contributed by atoms with van der Waals surface area (Å²) in [6.07, 6.45) is 2.43. The van der Waals surface area contributed by atoms with E-state index in [0.29, 0.717) is 0 Å². The fraction of sp³-hybridized carbons (Fsp3) is 0.786. The molecule has 5 nitrogen and oxygen atoms in total. The molecular formula is C14H27N3O2. The molecule has 0 atom stereocenters. The monoisotopic (exact) mass is 269 g/mol. The van der Waals surface area contributed by atoms with Crippen LogP contribution in [0.5, 0.6) is 0 Å². The van der Waals surface area contributed by atoms with Crippen LogP contribution in [-0.2, 0) is 11.2 Å². The number of hydrogen-bond donors (Lipinski definition) is 0. The third-order valence-electron chi connectivity index (χ3n) is 3.14. The van der Waals surface area contributed by atoms with Crippen molar-refractivity contribution >= 4 is 0 Å². The first-order valence-corrected chi connectivity index (χ1v) is 7.22. The molecule has 1 fully saturated rings. The quantitative estimate of drug-likeness (QED) is 0.732. The van der Waals surface area contributed by atoms with Crippen LogP contribution in [0.15, 0.2) is 16.9 Å². The maximum Gasteiger partial charge on any atom is 0.124 e. The molecule has 1 aromatic heterocycles. The first kappa shape index (κ1) is 16.1. The van der Waals surface area contributed by atoms with Crippen molar-refractivity contribution in [1.29, 1.82) is 0 Å². The van der Waals surface area contributed by atoms with Gasteiger partial charge in [0.2, 0.25) is 0 Å². The van der Waals surface area contributed by atoms with E-state index >= 15 is 0 Å². The first-order chi connectivity index (χ1) is 9.34. The van der Waals surface area contributed by atoms with E-state index in [2.05, 4.69) is 22.0 Å². The predicted octanol–water partition coefficient (Wildman–Crippen LogP) is 1.51. The van der Waals surface area contributed by atoms with Gasteiger partial charge in [0.25, 0.3) is 0 Å². The van der Waals surface area contributed by atoms with E-state index < -0.39 is 0 Å². The number of aromatic nitrogens is 1. The number of ether oxygens (including phenoxy) is 1. The molecule has 19 heavy (non-hydrogen) atoms. The molecule has 0 amide bonds. The van der Waals surface area contributed by atoms with Crippen LogP contribution >= 0.6 is 0 Å². The maximum atomic E-state index is 5.60. The van der Waals surface area contributed by atoms with Gasteiger partial charge in [-0.1, -0.05) is 19.0 Å². The van der Waals surface area contributed by atoms with Gasteiger partial charge in [0, 0.05) is 45.2 Å². The molecule has 0 unspecified atom stereocenters. The van der Waals surface area contributed by atoms with Crippen LogP contribution in [0.2, 0.25) is 0 Å². The molecule has 0 N–H and O–H groups in total. The zero-order chi connectivity index (χ0) is 13.9. The van der Waals surface area contributed by atoms with E-state index in [9.17, 15) is 0 Å². The van der Waals surface area contributed by atoms with Crippen molar-refractivity contribution in [2.45, 2.75) is 20.3 Å². The Morgan fingerprint density at radius 3 is 2.58 bits per heavy atom. The first-order valence-electron chi connectivity index (χ1n) is 7.22. The van der Waals surface area contributed by atoms with Crippen LogP contribution in [0, 0.1) is 0 Å². The Balaban J connectivity index is 0.000000861. The zero-order valence-corrected chi connectivity index (χ0v) is 12.5. The van der Waals surface area contributed by atoms with Gasteiger partial charge in [0.1, 0.15) is 6.26 Å². The summed E-state index contributed by atoms with van der Waals surface area (Å²) < 4.78 is 10.4. The van der Waals surface area contributed by atoms with Crippen LogP contribution in [0.1, 0.15) is 19.5 Å². The minimum absolute atomic E-state index is 0.722. The molecule has 110 valence electrons. The van der Waals surface area contributed by atoms with Crippen molar-refractivity contribution in [3.05, 3.63) is 18.0 Å². The standard InChI is InChI=1S/C12H21N3O2.C2H6/c1-14-4-6-15(7-5-14)8-11-16-9-2-12-3-10-17-13-12;1-2/h3,10H,2,4-9,11H2,1H3;1-2H3. The Hall–Kier alpha value is -0.910. The van der Waals surface area contributed by atoms with E-state index in [1.54, 1.807) is 6.26 Å². The van der Waals surface area contributed by atoms with Gasteiger partial charge >= 0.3 is 0 Å². The average molecular weight is 269 g/mol. The van der Waals surface area contributed by atoms with Gasteiger partial charge in [0.15, 0.2) is 0 Å². The SMILES string of the molecule is CC.CN1CCN(CCOCCc2ccon2)CC1. The summed E-state index contributed by atoms with van der Waals surface area (Å²) in [6.45, 7) is 11.2. The van der Waals surface area contributed by atoms with Gasteiger partial charge < -0.3 is 14.2 Å². The van der Waals surface area contributed by atoms with Gasteiger partial charge in [-0.05, 0) is 7.05 Å². The highest BCUT2D eigenvalue weighted by Gasteiger charge is 2.12. The van der Waals surface area contributed by atoms with Crippen LogP contribution in [0.4, 0.5) is 0 Å². The highest BCUT2D eigenvalue weighted by atomic mass is 16.5. The molecule has 0 saturated carbocycles. The molecule has 1 saturated heterocycles. The minimum atomic E-state index is 0.722. The summed E-state index contributed by atoms with van der Waals surface area (Å²) in [5.41, 5.74) is 0.963. The third kappa shape index (κ3) is 6.71. The summed E-state index contributed by atoms with van der Waals surface area (Å²) in [7, 11) is 2.17. The van der Waals surface area contributed by atoms with Crippen molar-refractivity contribution in [2.75, 3.05) is 53.0 Å². The molecule has 1 aliphatic rings. The predicted molar refractivity (Wildman–Crippen MR) is 76.3 cm³/mol. The molecule has 2 heterocycles. The molecule has 0 radical (unpaired) electrons. The molecule has 0 aromatic carbocycles. The molecule has 1 aliphatic heterocycles. The third-order valence-corrected chi connectivity index (χ3v) is 3.14. The lowest BCUT2D eigenvalue weighted by Crippen LogP contribution is -2.45. The highest BCUT2D eigenvalue weighted by molar-refractivity contribution is 4.94. The normalized spacial score (nSPS) is 17.0. The summed E-state index contributed by atoms with van der Waals surface area (Å²) in [5.74, 6) is 0. The fourth-order valence-corrected chi connectivity index (χ4v) is 1.91. The van der Waals surface area contributed by atoms with Gasteiger partial charge in [0.05, 0.1) is 18.9 Å². The number of piperazine rings is 1. The minimum Gasteiger partial charge on any atom is -0.380 e. The zero-order valence-electron chi connectivity index (χ0n) is 12.5. The lowest BCUT2D eigenvalue weighted by molar-refractivity contribution is 0.0829. The van der Waals surface area contributed by atoms with Gasteiger partial charge in [-0.15, -0.1) is 0 Å². The second-order valence-electron chi connectivity index (χ2n) is 4.50. The van der Waals surface area contributed by atoms with Crippen LogP contribution in [-0.4, -0.2) is 67.9 Å². The molecule has 0 aliphatic carbocycles. The van der Waals surface area contributed by atoms with Crippen molar-refractivity contribution in [2.24, 2.45) is 0 Å². The van der Waals surface area contributed by atoms with E-state index in [1.807, 2.05) is 19.9 Å². The number of nitrogens with zero attached hydrogens (tertiary/aromatic N) is 3. The van der Waals surface area contributed by atoms with E-state index in [1.165, 1.54) is 13.1 Å². The molecule has 2 rings (SSSR count). The van der Waals surface area contributed by atoms with Crippen LogP contribution < -0.4 is 0 Å². The largest absolute Gasteiger partial charge is 0.380 e. The number of hydrogen-bond acceptors (Lipinski definition) is 5. The summed E-state index contributed by atoms with van der Waals surface area (Å²) >= 11 is 0. The van der Waals surface area contributed by atoms with E-state index in [4.69, 9.17) is 9.26 Å². The summed E-state index contributed by atoms with van der Waals surface area (Å²) in [4.78, 5) is 4.82. The Bertz CT molecular complexity index is 296. The van der Waals surface area contributed by atoms with Crippen molar-refractivity contribution in [1.82, 2.24) is 15.0 Å². The summed E-state index contributed by atoms with van der Waals surface area (Å²) in [5, 5.41) is 3.84. The Morgan fingerprint density at radius 1 is 1.21 bits per heavy atom. The topological polar surface area (TPSA) is 41.7 Å². The molecule has 5 heteroatoms. The smallest absolute Gasteiger partial charge is 0.124 e. The van der Waals surface area contributed by atoms with Gasteiger partial charge in [-0.2, -0.15) is 0 Å². The lowest BCUT2D eigenvalue weighted by Gasteiger charge is -2.32. The Morgan fingerprint density at radius 2 is 1.95 bits per heavy atom.